The number of rotatable bonds is 7. The third-order valence-electron chi connectivity index (χ3n) is 5.26. The van der Waals surface area contributed by atoms with Gasteiger partial charge in [0, 0.05) is 38.4 Å². The number of hydroxylamine groups is 1. The molecule has 0 saturated carbocycles. The Balaban J connectivity index is 1.66. The smallest absolute Gasteiger partial charge is 0.266 e. The van der Waals surface area contributed by atoms with Crippen LogP contribution in [0, 0.1) is 0 Å². The van der Waals surface area contributed by atoms with Gasteiger partial charge in [-0.15, -0.1) is 0 Å². The summed E-state index contributed by atoms with van der Waals surface area (Å²) in [6.45, 7) is 2.31. The minimum Gasteiger partial charge on any atom is -0.357 e. The van der Waals surface area contributed by atoms with E-state index in [0.29, 0.717) is 4.47 Å². The van der Waals surface area contributed by atoms with E-state index < -0.39 is 15.9 Å². The number of sulfonamides is 1. The molecule has 0 spiro atoms. The highest BCUT2D eigenvalue weighted by Crippen LogP contribution is 2.25. The Morgan fingerprint density at radius 2 is 1.90 bits per heavy atom. The van der Waals surface area contributed by atoms with E-state index in [-0.39, 0.29) is 22.0 Å². The minimum absolute atomic E-state index is 0.00810. The van der Waals surface area contributed by atoms with Crippen LogP contribution in [0.25, 0.3) is 0 Å². The summed E-state index contributed by atoms with van der Waals surface area (Å²) in [6.07, 6.45) is 6.63. The van der Waals surface area contributed by atoms with Crippen LogP contribution in [-0.4, -0.2) is 51.0 Å². The summed E-state index contributed by atoms with van der Waals surface area (Å²) in [5.74, 6) is 0.538. The van der Waals surface area contributed by atoms with E-state index in [0.717, 1.165) is 24.5 Å². The molecule has 0 aliphatic carbocycles. The second-order valence-electron chi connectivity index (χ2n) is 7.35. The predicted molar refractivity (Wildman–Crippen MR) is 119 cm³/mol. The van der Waals surface area contributed by atoms with Gasteiger partial charge in [-0.3, -0.25) is 9.63 Å². The van der Waals surface area contributed by atoms with E-state index >= 15 is 0 Å². The number of nitrogens with one attached hydrogen (secondary N) is 1. The van der Waals surface area contributed by atoms with Crippen LogP contribution in [0.2, 0.25) is 5.02 Å². The molecule has 1 aliphatic rings. The van der Waals surface area contributed by atoms with Gasteiger partial charge in [0.25, 0.3) is 15.9 Å². The molecule has 3 rings (SSSR count). The zero-order valence-electron chi connectivity index (χ0n) is 17.7. The Morgan fingerprint density at radius 1 is 1.19 bits per heavy atom. The Kier molecular flexibility index (Phi) is 7.88. The predicted octanol–water partition coefficient (Wildman–Crippen LogP) is 3.23. The molecule has 1 saturated heterocycles. The van der Waals surface area contributed by atoms with Crippen molar-refractivity contribution in [3.05, 3.63) is 52.7 Å². The number of carbonyl (C=O) groups is 1. The Bertz CT molecular complexity index is 1010. The third-order valence-corrected chi connectivity index (χ3v) is 7.42. The second kappa shape index (κ2) is 10.4. The Hall–Kier alpha value is -2.20. The number of benzene rings is 1. The summed E-state index contributed by atoms with van der Waals surface area (Å²) < 4.78 is 25.7. The van der Waals surface area contributed by atoms with E-state index in [4.69, 9.17) is 16.4 Å². The SMILES string of the molecule is CON(C)S(=O)(=O)c1cc(C(=O)NCc2ccc(N3CCCCCC3)nc2)ccc1Cl. The van der Waals surface area contributed by atoms with Crippen molar-refractivity contribution < 1.29 is 18.0 Å². The summed E-state index contributed by atoms with van der Waals surface area (Å²) in [7, 11) is -1.50. The fourth-order valence-electron chi connectivity index (χ4n) is 3.37. The molecule has 1 N–H and O–H groups in total. The maximum absolute atomic E-state index is 12.6. The lowest BCUT2D eigenvalue weighted by atomic mass is 10.2. The number of nitrogens with zero attached hydrogens (tertiary/aromatic N) is 3. The highest BCUT2D eigenvalue weighted by Gasteiger charge is 2.25. The minimum atomic E-state index is -3.98. The van der Waals surface area contributed by atoms with Gasteiger partial charge in [0.2, 0.25) is 0 Å². The van der Waals surface area contributed by atoms with Crippen LogP contribution < -0.4 is 10.2 Å². The lowest BCUT2D eigenvalue weighted by Crippen LogP contribution is -2.27. The molecule has 8 nitrogen and oxygen atoms in total. The first-order valence-corrected chi connectivity index (χ1v) is 12.0. The molecular formula is C21H27ClN4O4S. The number of anilines is 1. The summed E-state index contributed by atoms with van der Waals surface area (Å²) in [4.78, 5) is 24.0. The zero-order chi connectivity index (χ0) is 22.4. The number of amides is 1. The van der Waals surface area contributed by atoms with E-state index in [9.17, 15) is 13.2 Å². The zero-order valence-corrected chi connectivity index (χ0v) is 19.2. The highest BCUT2D eigenvalue weighted by atomic mass is 35.5. The number of halogens is 1. The van der Waals surface area contributed by atoms with Crippen LogP contribution in [0.4, 0.5) is 5.82 Å². The molecule has 31 heavy (non-hydrogen) atoms. The molecule has 1 aliphatic heterocycles. The lowest BCUT2D eigenvalue weighted by molar-refractivity contribution is -0.0258. The van der Waals surface area contributed by atoms with Gasteiger partial charge >= 0.3 is 0 Å². The van der Waals surface area contributed by atoms with Gasteiger partial charge in [-0.05, 0) is 42.7 Å². The van der Waals surface area contributed by atoms with Crippen LogP contribution in [-0.2, 0) is 21.4 Å². The molecule has 1 amide bonds. The first kappa shape index (κ1) is 23.5. The largest absolute Gasteiger partial charge is 0.357 e. The van der Waals surface area contributed by atoms with Crippen molar-refractivity contribution in [1.82, 2.24) is 14.8 Å². The highest BCUT2D eigenvalue weighted by molar-refractivity contribution is 7.89. The molecule has 0 atom stereocenters. The molecule has 0 radical (unpaired) electrons. The maximum Gasteiger partial charge on any atom is 0.266 e. The molecule has 2 aromatic rings. The average molecular weight is 467 g/mol. The van der Waals surface area contributed by atoms with Crippen LogP contribution in [0.1, 0.15) is 41.6 Å². The van der Waals surface area contributed by atoms with Crippen LogP contribution in [0.15, 0.2) is 41.4 Å². The van der Waals surface area contributed by atoms with Gasteiger partial charge in [-0.2, -0.15) is 0 Å². The lowest BCUT2D eigenvalue weighted by Gasteiger charge is -2.21. The molecule has 1 fully saturated rings. The van der Waals surface area contributed by atoms with Gasteiger partial charge < -0.3 is 10.2 Å². The molecule has 1 aromatic carbocycles. The topological polar surface area (TPSA) is 91.8 Å². The first-order chi connectivity index (χ1) is 14.8. The van der Waals surface area contributed by atoms with Gasteiger partial charge in [0.1, 0.15) is 10.7 Å². The van der Waals surface area contributed by atoms with Gasteiger partial charge in [-0.1, -0.05) is 35.0 Å². The summed E-state index contributed by atoms with van der Waals surface area (Å²) >= 11 is 6.04. The molecule has 1 aromatic heterocycles. The number of pyridine rings is 1. The van der Waals surface area contributed by atoms with E-state index in [2.05, 4.69) is 15.2 Å². The summed E-state index contributed by atoms with van der Waals surface area (Å²) in [5, 5.41) is 2.80. The Labute approximate surface area is 188 Å². The number of aromatic nitrogens is 1. The van der Waals surface area contributed by atoms with Crippen molar-refractivity contribution >= 4 is 33.3 Å². The fourth-order valence-corrected chi connectivity index (χ4v) is 4.85. The Morgan fingerprint density at radius 3 is 2.52 bits per heavy atom. The van der Waals surface area contributed by atoms with Crippen molar-refractivity contribution in [2.75, 3.05) is 32.1 Å². The van der Waals surface area contributed by atoms with E-state index in [1.807, 2.05) is 12.1 Å². The fraction of sp³-hybridized carbons (Fsp3) is 0.429. The molecule has 0 bridgehead atoms. The standard InChI is InChI=1S/C21H27ClN4O4S/c1-25(30-2)31(28,29)19-13-17(8-9-18(19)22)21(27)24-15-16-7-10-20(23-14-16)26-11-5-3-4-6-12-26/h7-10,13-14H,3-6,11-12,15H2,1-2H3,(H,24,27). The normalized spacial score (nSPS) is 15.0. The van der Waals surface area contributed by atoms with Crippen LogP contribution >= 0.6 is 11.6 Å². The second-order valence-corrected chi connectivity index (χ2v) is 9.66. The first-order valence-electron chi connectivity index (χ1n) is 10.1. The third kappa shape index (κ3) is 5.74. The van der Waals surface area contributed by atoms with E-state index in [1.54, 1.807) is 6.20 Å². The molecular weight excluding hydrogens is 440 g/mol. The van der Waals surface area contributed by atoms with Crippen LogP contribution in [0.5, 0.6) is 0 Å². The van der Waals surface area contributed by atoms with Crippen LogP contribution in [0.3, 0.4) is 0 Å². The maximum atomic E-state index is 12.6. The number of hydrogen-bond donors (Lipinski definition) is 1. The summed E-state index contributed by atoms with van der Waals surface area (Å²) in [5.41, 5.74) is 1.04. The summed E-state index contributed by atoms with van der Waals surface area (Å²) in [6, 6.07) is 8.01. The van der Waals surface area contributed by atoms with Crippen molar-refractivity contribution in [2.45, 2.75) is 37.1 Å². The van der Waals surface area contributed by atoms with Crippen molar-refractivity contribution in [3.8, 4) is 0 Å². The molecule has 2 heterocycles. The quantitative estimate of drug-likeness (QED) is 0.630. The van der Waals surface area contributed by atoms with Gasteiger partial charge in [0.15, 0.2) is 0 Å². The van der Waals surface area contributed by atoms with Gasteiger partial charge in [-0.25, -0.2) is 13.4 Å². The molecule has 10 heteroatoms. The molecule has 0 unspecified atom stereocenters. The van der Waals surface area contributed by atoms with E-state index in [1.165, 1.54) is 58.0 Å². The average Bonchev–Trinajstić information content (AvgIpc) is 3.07. The monoisotopic (exact) mass is 466 g/mol. The number of hydrogen-bond acceptors (Lipinski definition) is 6. The van der Waals surface area contributed by atoms with Crippen molar-refractivity contribution in [2.24, 2.45) is 0 Å². The van der Waals surface area contributed by atoms with Gasteiger partial charge in [0.05, 0.1) is 12.1 Å². The number of carbonyl (C=O) groups excluding carboxylic acids is 1. The van der Waals surface area contributed by atoms with Crippen molar-refractivity contribution in [1.29, 1.82) is 0 Å². The molecule has 168 valence electrons. The van der Waals surface area contributed by atoms with Crippen molar-refractivity contribution in [3.63, 3.8) is 0 Å².